The summed E-state index contributed by atoms with van der Waals surface area (Å²) in [5.41, 5.74) is 1.09. The van der Waals surface area contributed by atoms with E-state index in [9.17, 15) is 22.0 Å². The maximum Gasteiger partial charge on any atom is 0.264 e. The highest BCUT2D eigenvalue weighted by atomic mass is 35.5. The highest BCUT2D eigenvalue weighted by Crippen LogP contribution is 2.27. The average Bonchev–Trinajstić information content (AvgIpc) is 2.83. The Morgan fingerprint density at radius 1 is 1.00 bits per heavy atom. The molecule has 0 fully saturated rings. The molecular formula is C24H23ClF2N2O3S2. The largest absolute Gasteiger partial charge is 0.354 e. The number of carbonyl (C=O) groups excluding carboxylic acids is 1. The van der Waals surface area contributed by atoms with Crippen molar-refractivity contribution in [3.8, 4) is 0 Å². The van der Waals surface area contributed by atoms with Gasteiger partial charge in [0, 0.05) is 12.3 Å². The number of benzene rings is 3. The quantitative estimate of drug-likeness (QED) is 0.348. The Morgan fingerprint density at radius 3 is 2.38 bits per heavy atom. The third-order valence-corrected chi connectivity index (χ3v) is 7.97. The number of halogens is 3. The molecule has 180 valence electrons. The molecule has 3 aromatic carbocycles. The van der Waals surface area contributed by atoms with Gasteiger partial charge in [-0.15, -0.1) is 0 Å². The minimum Gasteiger partial charge on any atom is -0.354 e. The summed E-state index contributed by atoms with van der Waals surface area (Å²) >= 11 is 7.51. The Morgan fingerprint density at radius 2 is 1.71 bits per heavy atom. The zero-order valence-electron chi connectivity index (χ0n) is 18.1. The minimum atomic E-state index is -4.09. The molecule has 0 spiro atoms. The standard InChI is InChI=1S/C24H23ClF2N2O3S2/c25-22-15-20(11-12-23(22)27)29(34(31,32)21-5-2-1-3-6-21)16-24(30)28-13-4-14-33-17-18-7-9-19(26)10-8-18/h1-3,5-12,15H,4,13-14,16-17H2,(H,28,30). The van der Waals surface area contributed by atoms with E-state index in [0.29, 0.717) is 13.0 Å². The highest BCUT2D eigenvalue weighted by Gasteiger charge is 2.27. The lowest BCUT2D eigenvalue weighted by molar-refractivity contribution is -0.119. The van der Waals surface area contributed by atoms with E-state index in [2.05, 4.69) is 5.32 Å². The van der Waals surface area contributed by atoms with Crippen LogP contribution in [0.5, 0.6) is 0 Å². The van der Waals surface area contributed by atoms with Crippen LogP contribution in [0.1, 0.15) is 12.0 Å². The first kappa shape index (κ1) is 26.0. The second-order valence-corrected chi connectivity index (χ2v) is 10.7. The van der Waals surface area contributed by atoms with Crippen LogP contribution in [0, 0.1) is 11.6 Å². The van der Waals surface area contributed by atoms with Gasteiger partial charge < -0.3 is 5.32 Å². The molecule has 0 aromatic heterocycles. The van der Waals surface area contributed by atoms with Crippen molar-refractivity contribution >= 4 is 45.0 Å². The van der Waals surface area contributed by atoms with Gasteiger partial charge in [-0.2, -0.15) is 11.8 Å². The number of hydrogen-bond donors (Lipinski definition) is 1. The molecule has 3 aromatic rings. The van der Waals surface area contributed by atoms with Crippen LogP contribution in [0.4, 0.5) is 14.5 Å². The van der Waals surface area contributed by atoms with Crippen LogP contribution in [-0.2, 0) is 20.6 Å². The normalized spacial score (nSPS) is 11.3. The SMILES string of the molecule is O=C(CN(c1ccc(F)c(Cl)c1)S(=O)(=O)c1ccccc1)NCCCSCc1ccc(F)cc1. The molecule has 34 heavy (non-hydrogen) atoms. The molecule has 10 heteroatoms. The minimum absolute atomic E-state index is 0.000408. The number of sulfonamides is 1. The van der Waals surface area contributed by atoms with E-state index in [1.165, 1.54) is 36.4 Å². The van der Waals surface area contributed by atoms with Crippen LogP contribution >= 0.6 is 23.4 Å². The lowest BCUT2D eigenvalue weighted by atomic mass is 10.2. The molecular weight excluding hydrogens is 502 g/mol. The first-order valence-corrected chi connectivity index (χ1v) is 13.4. The van der Waals surface area contributed by atoms with Crippen LogP contribution in [0.2, 0.25) is 5.02 Å². The Hall–Kier alpha value is -2.62. The van der Waals surface area contributed by atoms with Crippen LogP contribution in [0.3, 0.4) is 0 Å². The maximum absolute atomic E-state index is 13.6. The number of carbonyl (C=O) groups is 1. The first-order valence-electron chi connectivity index (χ1n) is 10.4. The summed E-state index contributed by atoms with van der Waals surface area (Å²) < 4.78 is 53.9. The topological polar surface area (TPSA) is 66.5 Å². The Bertz CT molecular complexity index is 1210. The van der Waals surface area contributed by atoms with E-state index in [-0.39, 0.29) is 21.4 Å². The number of nitrogens with one attached hydrogen (secondary N) is 1. The van der Waals surface area contributed by atoms with Gasteiger partial charge in [-0.3, -0.25) is 9.10 Å². The van der Waals surface area contributed by atoms with Crippen molar-refractivity contribution < 1.29 is 22.0 Å². The number of hydrogen-bond acceptors (Lipinski definition) is 4. The molecule has 1 N–H and O–H groups in total. The van der Waals surface area contributed by atoms with Crippen molar-refractivity contribution in [2.24, 2.45) is 0 Å². The smallest absolute Gasteiger partial charge is 0.264 e. The molecule has 0 aliphatic carbocycles. The highest BCUT2D eigenvalue weighted by molar-refractivity contribution is 7.98. The Balaban J connectivity index is 1.59. The van der Waals surface area contributed by atoms with Gasteiger partial charge >= 0.3 is 0 Å². The summed E-state index contributed by atoms with van der Waals surface area (Å²) in [6.45, 7) is -0.124. The third kappa shape index (κ3) is 7.19. The third-order valence-electron chi connectivity index (χ3n) is 4.78. The van der Waals surface area contributed by atoms with E-state index >= 15 is 0 Å². The van der Waals surface area contributed by atoms with Gasteiger partial charge in [0.1, 0.15) is 18.2 Å². The van der Waals surface area contributed by atoms with Gasteiger partial charge in [-0.25, -0.2) is 17.2 Å². The fraction of sp³-hybridized carbons (Fsp3) is 0.208. The van der Waals surface area contributed by atoms with Crippen LogP contribution in [0.15, 0.2) is 77.7 Å². The first-order chi connectivity index (χ1) is 16.3. The van der Waals surface area contributed by atoms with Gasteiger partial charge in [-0.1, -0.05) is 41.9 Å². The molecule has 0 saturated heterocycles. The van der Waals surface area contributed by atoms with Gasteiger partial charge in [0.25, 0.3) is 10.0 Å². The van der Waals surface area contributed by atoms with Crippen molar-refractivity contribution in [2.75, 3.05) is 23.1 Å². The van der Waals surface area contributed by atoms with Crippen molar-refractivity contribution in [1.29, 1.82) is 0 Å². The zero-order valence-corrected chi connectivity index (χ0v) is 20.5. The van der Waals surface area contributed by atoms with Crippen LogP contribution in [0.25, 0.3) is 0 Å². The summed E-state index contributed by atoms with van der Waals surface area (Å²) in [7, 11) is -4.09. The molecule has 5 nitrogen and oxygen atoms in total. The number of anilines is 1. The predicted molar refractivity (Wildman–Crippen MR) is 133 cm³/mol. The predicted octanol–water partition coefficient (Wildman–Crippen LogP) is 5.25. The van der Waals surface area contributed by atoms with Crippen LogP contribution in [-0.4, -0.2) is 33.2 Å². The summed E-state index contributed by atoms with van der Waals surface area (Å²) in [5.74, 6) is 0.0242. The van der Waals surface area contributed by atoms with Gasteiger partial charge in [0.15, 0.2) is 0 Å². The molecule has 0 aliphatic rings. The number of rotatable bonds is 11. The molecule has 0 bridgehead atoms. The van der Waals surface area contributed by atoms with Crippen molar-refractivity contribution in [3.05, 3.63) is 95.0 Å². The summed E-state index contributed by atoms with van der Waals surface area (Å²) in [6.07, 6.45) is 0.672. The van der Waals surface area contributed by atoms with E-state index in [1.54, 1.807) is 42.1 Å². The maximum atomic E-state index is 13.6. The summed E-state index contributed by atoms with van der Waals surface area (Å²) in [5, 5.41) is 2.48. The molecule has 0 aliphatic heterocycles. The number of amides is 1. The van der Waals surface area contributed by atoms with Gasteiger partial charge in [0.2, 0.25) is 5.91 Å². The molecule has 0 atom stereocenters. The summed E-state index contributed by atoms with van der Waals surface area (Å²) in [6, 6.07) is 17.5. The zero-order chi connectivity index (χ0) is 24.6. The molecule has 0 heterocycles. The molecule has 0 unspecified atom stereocenters. The van der Waals surface area contributed by atoms with Gasteiger partial charge in [-0.05, 0) is 60.2 Å². The van der Waals surface area contributed by atoms with Crippen molar-refractivity contribution in [2.45, 2.75) is 17.1 Å². The van der Waals surface area contributed by atoms with Crippen molar-refractivity contribution in [3.63, 3.8) is 0 Å². The number of thioether (sulfide) groups is 1. The van der Waals surface area contributed by atoms with Crippen molar-refractivity contribution in [1.82, 2.24) is 5.32 Å². The van der Waals surface area contributed by atoms with Crippen LogP contribution < -0.4 is 9.62 Å². The lowest BCUT2D eigenvalue weighted by Gasteiger charge is -2.24. The fourth-order valence-corrected chi connectivity index (χ4v) is 5.56. The van der Waals surface area contributed by atoms with E-state index in [4.69, 9.17) is 11.6 Å². The monoisotopic (exact) mass is 524 g/mol. The fourth-order valence-electron chi connectivity index (χ4n) is 3.03. The molecule has 0 radical (unpaired) electrons. The summed E-state index contributed by atoms with van der Waals surface area (Å²) in [4.78, 5) is 12.6. The Labute approximate surface area is 207 Å². The van der Waals surface area contributed by atoms with Gasteiger partial charge in [0.05, 0.1) is 15.6 Å². The van der Waals surface area contributed by atoms with E-state index in [1.807, 2.05) is 0 Å². The molecule has 0 saturated carbocycles. The Kier molecular flexibility index (Phi) is 9.32. The van der Waals surface area contributed by atoms with E-state index in [0.717, 1.165) is 27.4 Å². The molecule has 1 amide bonds. The average molecular weight is 525 g/mol. The molecule has 3 rings (SSSR count). The lowest BCUT2D eigenvalue weighted by Crippen LogP contribution is -2.41. The second-order valence-electron chi connectivity index (χ2n) is 7.31. The van der Waals surface area contributed by atoms with E-state index < -0.39 is 28.3 Å². The second kappa shape index (κ2) is 12.2. The number of nitrogens with zero attached hydrogens (tertiary/aromatic N) is 1.